The van der Waals surface area contributed by atoms with E-state index < -0.39 is 0 Å². The number of pyridine rings is 1. The van der Waals surface area contributed by atoms with Crippen LogP contribution >= 0.6 is 0 Å². The first-order valence-electron chi connectivity index (χ1n) is 9.96. The summed E-state index contributed by atoms with van der Waals surface area (Å²) in [5.41, 5.74) is 4.59. The molecule has 2 heteroatoms. The molecule has 1 aromatic carbocycles. The summed E-state index contributed by atoms with van der Waals surface area (Å²) in [6, 6.07) is 10.4. The van der Waals surface area contributed by atoms with Crippen molar-refractivity contribution in [3.63, 3.8) is 0 Å². The summed E-state index contributed by atoms with van der Waals surface area (Å²) in [5.74, 6) is -0.197. The van der Waals surface area contributed by atoms with E-state index in [4.69, 9.17) is 0 Å². The fourth-order valence-corrected chi connectivity index (χ4v) is 4.87. The molecule has 0 spiro atoms. The van der Waals surface area contributed by atoms with Crippen LogP contribution in [0.5, 0.6) is 0 Å². The second-order valence-electron chi connectivity index (χ2n) is 7.75. The first-order valence-corrected chi connectivity index (χ1v) is 9.96. The van der Waals surface area contributed by atoms with Gasteiger partial charge in [0.2, 0.25) is 11.9 Å². The highest BCUT2D eigenvalue weighted by molar-refractivity contribution is 5.67. The van der Waals surface area contributed by atoms with Gasteiger partial charge in [0, 0.05) is 12.5 Å². The maximum absolute atomic E-state index is 14.2. The molecule has 0 saturated heterocycles. The number of aromatic nitrogens is 1. The lowest BCUT2D eigenvalue weighted by molar-refractivity contribution is -0.757. The number of rotatable bonds is 6. The summed E-state index contributed by atoms with van der Waals surface area (Å²) in [7, 11) is 0. The molecule has 26 heavy (non-hydrogen) atoms. The first-order chi connectivity index (χ1) is 12.5. The monoisotopic (exact) mass is 352 g/mol. The molecule has 138 valence electrons. The molecule has 0 aliphatic carbocycles. The highest BCUT2D eigenvalue weighted by Gasteiger charge is 2.57. The van der Waals surface area contributed by atoms with Gasteiger partial charge in [-0.05, 0) is 55.5 Å². The van der Waals surface area contributed by atoms with Crippen LogP contribution in [0.1, 0.15) is 64.5 Å². The van der Waals surface area contributed by atoms with E-state index in [-0.39, 0.29) is 16.8 Å². The zero-order chi connectivity index (χ0) is 18.9. The van der Waals surface area contributed by atoms with Crippen LogP contribution in [0.4, 0.5) is 4.39 Å². The van der Waals surface area contributed by atoms with E-state index in [0.29, 0.717) is 0 Å². The van der Waals surface area contributed by atoms with Gasteiger partial charge in [0.25, 0.3) is 0 Å². The molecule has 3 rings (SSSR count). The molecular weight excluding hydrogens is 321 g/mol. The molecule has 1 aliphatic heterocycles. The van der Waals surface area contributed by atoms with Crippen molar-refractivity contribution in [2.24, 2.45) is 0 Å². The normalized spacial score (nSPS) is 24.0. The Balaban J connectivity index is 2.34. The molecule has 0 saturated carbocycles. The fourth-order valence-electron chi connectivity index (χ4n) is 4.87. The summed E-state index contributed by atoms with van der Waals surface area (Å²) in [6.45, 7) is 13.1. The molecule has 0 amide bonds. The Kier molecular flexibility index (Phi) is 5.05. The van der Waals surface area contributed by atoms with Crippen LogP contribution in [0.25, 0.3) is 11.3 Å². The predicted molar refractivity (Wildman–Crippen MR) is 107 cm³/mol. The van der Waals surface area contributed by atoms with Crippen molar-refractivity contribution >= 4 is 0 Å². The smallest absolute Gasteiger partial charge is 0.200 e. The maximum atomic E-state index is 14.2. The summed E-state index contributed by atoms with van der Waals surface area (Å²) in [4.78, 5) is 0. The van der Waals surface area contributed by atoms with E-state index >= 15 is 0 Å². The van der Waals surface area contributed by atoms with E-state index in [2.05, 4.69) is 57.0 Å². The minimum atomic E-state index is -0.336. The molecule has 0 radical (unpaired) electrons. The van der Waals surface area contributed by atoms with Gasteiger partial charge in [-0.1, -0.05) is 45.9 Å². The Morgan fingerprint density at radius 1 is 1.12 bits per heavy atom. The minimum absolute atomic E-state index is 0.131. The van der Waals surface area contributed by atoms with Gasteiger partial charge < -0.3 is 0 Å². The molecule has 1 aliphatic rings. The van der Waals surface area contributed by atoms with Crippen LogP contribution in [0, 0.1) is 5.82 Å². The average molecular weight is 353 g/mol. The second-order valence-corrected chi connectivity index (χ2v) is 7.75. The summed E-state index contributed by atoms with van der Waals surface area (Å²) in [5, 5.41) is 0. The third kappa shape index (κ3) is 2.53. The Morgan fingerprint density at radius 3 is 2.50 bits per heavy atom. The van der Waals surface area contributed by atoms with Gasteiger partial charge in [0.1, 0.15) is 0 Å². The van der Waals surface area contributed by atoms with Crippen LogP contribution in [0.3, 0.4) is 0 Å². The van der Waals surface area contributed by atoms with Gasteiger partial charge >= 0.3 is 0 Å². The van der Waals surface area contributed by atoms with Crippen molar-refractivity contribution < 1.29 is 8.96 Å². The molecule has 2 aromatic rings. The number of unbranched alkanes of at least 4 members (excludes halogenated alkanes) is 1. The summed E-state index contributed by atoms with van der Waals surface area (Å²) in [6.07, 6.45) is 9.02. The third-order valence-corrected chi connectivity index (χ3v) is 6.65. The van der Waals surface area contributed by atoms with E-state index in [0.717, 1.165) is 25.0 Å². The zero-order valence-electron chi connectivity index (χ0n) is 16.6. The van der Waals surface area contributed by atoms with Crippen LogP contribution < -0.4 is 4.57 Å². The number of nitrogens with zero attached hydrogens (tertiary/aromatic N) is 1. The molecule has 2 unspecified atom stereocenters. The SMILES string of the molecule is C=CC1(CC)[n+]2cc(F)ccc2-c2cc(CCCC)ccc2C1(C)CC. The third-order valence-electron chi connectivity index (χ3n) is 6.65. The summed E-state index contributed by atoms with van der Waals surface area (Å²) >= 11 is 0. The van der Waals surface area contributed by atoms with Crippen molar-refractivity contribution in [1.82, 2.24) is 0 Å². The zero-order valence-corrected chi connectivity index (χ0v) is 16.6. The Hall–Kier alpha value is -1.96. The van der Waals surface area contributed by atoms with Crippen molar-refractivity contribution in [2.45, 2.75) is 70.8 Å². The lowest BCUT2D eigenvalue weighted by atomic mass is 9.60. The van der Waals surface area contributed by atoms with Gasteiger partial charge in [-0.15, -0.1) is 0 Å². The van der Waals surface area contributed by atoms with Crippen LogP contribution in [-0.2, 0) is 17.4 Å². The lowest BCUT2D eigenvalue weighted by Crippen LogP contribution is -2.68. The lowest BCUT2D eigenvalue weighted by Gasteiger charge is -2.46. The number of hydrogen-bond acceptors (Lipinski definition) is 0. The number of halogens is 1. The van der Waals surface area contributed by atoms with Crippen molar-refractivity contribution in [3.05, 3.63) is 66.1 Å². The largest absolute Gasteiger partial charge is 0.213 e. The summed E-state index contributed by atoms with van der Waals surface area (Å²) < 4.78 is 16.4. The number of benzene rings is 1. The molecule has 2 atom stereocenters. The standard InChI is InChI=1S/C24H31FN/c1-6-10-11-18-12-14-21-20(16-18)22-15-13-19(25)17-26(22)24(8-3,9-4)23(21,5)7-2/h8,12-17H,3,6-7,9-11H2,1-2,4-5H3/q+1. The van der Waals surface area contributed by atoms with Crippen LogP contribution in [0.15, 0.2) is 49.2 Å². The number of fused-ring (bicyclic) bond motifs is 3. The van der Waals surface area contributed by atoms with Crippen LogP contribution in [-0.4, -0.2) is 0 Å². The second kappa shape index (κ2) is 6.98. The molecule has 1 nitrogen and oxygen atoms in total. The van der Waals surface area contributed by atoms with Gasteiger partial charge in [-0.2, -0.15) is 4.57 Å². The first kappa shape index (κ1) is 18.8. The molecule has 0 bridgehead atoms. The minimum Gasteiger partial charge on any atom is -0.200 e. The van der Waals surface area contributed by atoms with Crippen LogP contribution in [0.2, 0.25) is 0 Å². The quantitative estimate of drug-likeness (QED) is 0.437. The predicted octanol–water partition coefficient (Wildman–Crippen LogP) is 6.10. The number of hydrogen-bond donors (Lipinski definition) is 0. The molecule has 0 fully saturated rings. The number of aryl methyl sites for hydroxylation is 1. The average Bonchev–Trinajstić information content (AvgIpc) is 2.67. The molecular formula is C24H31FN+. The van der Waals surface area contributed by atoms with Gasteiger partial charge in [-0.3, -0.25) is 0 Å². The number of allylic oxidation sites excluding steroid dienone is 1. The van der Waals surface area contributed by atoms with Gasteiger partial charge in [0.15, 0.2) is 11.4 Å². The fraction of sp³-hybridized carbons (Fsp3) is 0.458. The van der Waals surface area contributed by atoms with Gasteiger partial charge in [-0.25, -0.2) is 4.39 Å². The van der Waals surface area contributed by atoms with E-state index in [1.54, 1.807) is 12.3 Å². The van der Waals surface area contributed by atoms with Gasteiger partial charge in [0.05, 0.1) is 11.0 Å². The van der Waals surface area contributed by atoms with E-state index in [1.165, 1.54) is 29.5 Å². The Labute approximate surface area is 157 Å². The molecule has 2 heterocycles. The van der Waals surface area contributed by atoms with Crippen molar-refractivity contribution in [2.75, 3.05) is 0 Å². The Bertz CT molecular complexity index is 825. The van der Waals surface area contributed by atoms with E-state index in [9.17, 15) is 4.39 Å². The Morgan fingerprint density at radius 2 is 1.88 bits per heavy atom. The van der Waals surface area contributed by atoms with E-state index in [1.807, 2.05) is 12.1 Å². The topological polar surface area (TPSA) is 3.88 Å². The highest BCUT2D eigenvalue weighted by atomic mass is 19.1. The molecule has 1 aromatic heterocycles. The van der Waals surface area contributed by atoms with Crippen molar-refractivity contribution in [3.8, 4) is 11.3 Å². The van der Waals surface area contributed by atoms with Crippen molar-refractivity contribution in [1.29, 1.82) is 0 Å². The maximum Gasteiger partial charge on any atom is 0.213 e. The highest BCUT2D eigenvalue weighted by Crippen LogP contribution is 2.50. The molecule has 0 N–H and O–H groups in total.